The summed E-state index contributed by atoms with van der Waals surface area (Å²) < 4.78 is 0. The Morgan fingerprint density at radius 1 is 0.943 bits per heavy atom. The van der Waals surface area contributed by atoms with E-state index in [-0.39, 0.29) is 11.8 Å². The zero-order valence-corrected chi connectivity index (χ0v) is 20.1. The molecule has 2 amide bonds. The van der Waals surface area contributed by atoms with E-state index in [0.717, 1.165) is 57.3 Å². The van der Waals surface area contributed by atoms with Crippen LogP contribution in [-0.4, -0.2) is 46.8 Å². The summed E-state index contributed by atoms with van der Waals surface area (Å²) in [6, 6.07) is 16.2. The molecule has 2 heterocycles. The molecule has 4 aliphatic rings. The molecule has 2 bridgehead atoms. The molecule has 6 heteroatoms. The highest BCUT2D eigenvalue weighted by Crippen LogP contribution is 2.43. The monoisotopic (exact) mass is 468 g/mol. The van der Waals surface area contributed by atoms with Gasteiger partial charge >= 0.3 is 0 Å². The van der Waals surface area contributed by atoms with Gasteiger partial charge in [-0.3, -0.25) is 14.5 Å². The van der Waals surface area contributed by atoms with E-state index in [2.05, 4.69) is 27.3 Å². The van der Waals surface area contributed by atoms with Crippen LogP contribution in [0.15, 0.2) is 42.5 Å². The van der Waals surface area contributed by atoms with Gasteiger partial charge in [0.05, 0.1) is 11.6 Å². The second kappa shape index (κ2) is 9.13. The summed E-state index contributed by atoms with van der Waals surface area (Å²) >= 11 is 0. The van der Waals surface area contributed by atoms with Gasteiger partial charge in [-0.25, -0.2) is 0 Å². The minimum Gasteiger partial charge on any atom is -0.334 e. The third-order valence-corrected chi connectivity index (χ3v) is 8.65. The molecule has 2 aromatic rings. The molecule has 1 N–H and O–H groups in total. The predicted molar refractivity (Wildman–Crippen MR) is 134 cm³/mol. The maximum absolute atomic E-state index is 13.2. The molecule has 3 fully saturated rings. The maximum Gasteiger partial charge on any atom is 0.255 e. The van der Waals surface area contributed by atoms with E-state index in [1.165, 1.54) is 24.0 Å². The van der Waals surface area contributed by atoms with Gasteiger partial charge in [0.1, 0.15) is 0 Å². The molecule has 35 heavy (non-hydrogen) atoms. The van der Waals surface area contributed by atoms with Gasteiger partial charge in [0.25, 0.3) is 5.91 Å². The van der Waals surface area contributed by atoms with E-state index in [0.29, 0.717) is 35.2 Å². The van der Waals surface area contributed by atoms with E-state index in [1.807, 2.05) is 12.1 Å². The second-order valence-corrected chi connectivity index (χ2v) is 10.6. The number of benzene rings is 2. The molecule has 2 aliphatic carbocycles. The summed E-state index contributed by atoms with van der Waals surface area (Å²) in [5.74, 6) is 0.500. The minimum absolute atomic E-state index is 0.184. The SMILES string of the molecule is N#Cc1cccc(C(=O)Nc2cccc3c2CCC3N2CC3CCC(C2)N3C(=O)C2CCCC2)c1. The quantitative estimate of drug-likeness (QED) is 0.708. The standard InChI is InChI=1S/C29H32N4O2/c30-16-19-5-3-8-21(15-19)28(34)31-26-10-4-9-25-24(26)13-14-27(25)32-17-22-11-12-23(18-32)33(22)29(35)20-6-1-2-7-20/h3-5,8-10,15,20,22-23,27H,1-2,6-7,11-14,17-18H2,(H,31,34). The Morgan fingerprint density at radius 3 is 2.43 bits per heavy atom. The third-order valence-electron chi connectivity index (χ3n) is 8.65. The molecule has 2 aromatic carbocycles. The van der Waals surface area contributed by atoms with Crippen molar-refractivity contribution in [3.8, 4) is 6.07 Å². The molecule has 3 atom stereocenters. The van der Waals surface area contributed by atoms with Gasteiger partial charge in [0, 0.05) is 48.4 Å². The Labute approximate surface area is 206 Å². The summed E-state index contributed by atoms with van der Waals surface area (Å²) in [7, 11) is 0. The van der Waals surface area contributed by atoms with Crippen LogP contribution in [0.1, 0.15) is 78.0 Å². The molecule has 1 saturated carbocycles. The lowest BCUT2D eigenvalue weighted by Gasteiger charge is -2.44. The third kappa shape index (κ3) is 4.02. The number of hydrogen-bond acceptors (Lipinski definition) is 4. The fourth-order valence-electron chi connectivity index (χ4n) is 6.99. The van der Waals surface area contributed by atoms with Crippen LogP contribution in [0.5, 0.6) is 0 Å². The Kier molecular flexibility index (Phi) is 5.82. The van der Waals surface area contributed by atoms with Crippen molar-refractivity contribution in [2.75, 3.05) is 18.4 Å². The average molecular weight is 469 g/mol. The average Bonchev–Trinajstić information content (AvgIpc) is 3.62. The van der Waals surface area contributed by atoms with E-state index in [9.17, 15) is 9.59 Å². The summed E-state index contributed by atoms with van der Waals surface area (Å²) in [5, 5.41) is 12.2. The van der Waals surface area contributed by atoms with Crippen molar-refractivity contribution < 1.29 is 9.59 Å². The number of fused-ring (bicyclic) bond motifs is 3. The van der Waals surface area contributed by atoms with Crippen LogP contribution in [0, 0.1) is 17.2 Å². The lowest BCUT2D eigenvalue weighted by atomic mass is 10.0. The minimum atomic E-state index is -0.184. The first kappa shape index (κ1) is 22.3. The van der Waals surface area contributed by atoms with Gasteiger partial charge in [0.2, 0.25) is 5.91 Å². The van der Waals surface area contributed by atoms with Crippen LogP contribution in [0.25, 0.3) is 0 Å². The summed E-state index contributed by atoms with van der Waals surface area (Å²) in [4.78, 5) is 31.0. The molecule has 0 radical (unpaired) electrons. The number of carbonyl (C=O) groups is 2. The van der Waals surface area contributed by atoms with E-state index >= 15 is 0 Å². The van der Waals surface area contributed by atoms with Gasteiger partial charge in [-0.05, 0) is 73.9 Å². The predicted octanol–water partition coefficient (Wildman–Crippen LogP) is 4.66. The van der Waals surface area contributed by atoms with Gasteiger partial charge < -0.3 is 10.2 Å². The fourth-order valence-corrected chi connectivity index (χ4v) is 6.99. The normalized spacial score (nSPS) is 25.9. The smallest absolute Gasteiger partial charge is 0.255 e. The van der Waals surface area contributed by atoms with E-state index in [4.69, 9.17) is 5.26 Å². The van der Waals surface area contributed by atoms with Crippen LogP contribution in [0.2, 0.25) is 0 Å². The Balaban J connectivity index is 1.18. The Morgan fingerprint density at radius 2 is 1.69 bits per heavy atom. The zero-order valence-electron chi connectivity index (χ0n) is 20.1. The number of carbonyl (C=O) groups excluding carboxylic acids is 2. The molecule has 0 aromatic heterocycles. The van der Waals surface area contributed by atoms with Crippen molar-refractivity contribution in [1.29, 1.82) is 5.26 Å². The number of hydrogen-bond donors (Lipinski definition) is 1. The highest BCUT2D eigenvalue weighted by Gasteiger charge is 2.46. The molecular formula is C29H32N4O2. The number of nitriles is 1. The van der Waals surface area contributed by atoms with Gasteiger partial charge in [-0.1, -0.05) is 31.0 Å². The van der Waals surface area contributed by atoms with Crippen LogP contribution in [0.4, 0.5) is 5.69 Å². The lowest BCUT2D eigenvalue weighted by Crippen LogP contribution is -2.57. The van der Waals surface area contributed by atoms with Crippen molar-refractivity contribution in [2.45, 2.75) is 69.5 Å². The summed E-state index contributed by atoms with van der Waals surface area (Å²) in [6.07, 6.45) is 8.77. The van der Waals surface area contributed by atoms with Gasteiger partial charge in [-0.15, -0.1) is 0 Å². The molecule has 6 nitrogen and oxygen atoms in total. The number of amides is 2. The molecule has 2 aliphatic heterocycles. The van der Waals surface area contributed by atoms with Crippen LogP contribution in [0.3, 0.4) is 0 Å². The first-order valence-corrected chi connectivity index (χ1v) is 13.1. The number of nitrogens with one attached hydrogen (secondary N) is 1. The molecule has 6 rings (SSSR count). The van der Waals surface area contributed by atoms with E-state index in [1.54, 1.807) is 24.3 Å². The number of rotatable bonds is 4. The van der Waals surface area contributed by atoms with E-state index < -0.39 is 0 Å². The Bertz CT molecular complexity index is 1180. The zero-order chi connectivity index (χ0) is 23.9. The molecule has 3 unspecified atom stereocenters. The number of piperazine rings is 1. The van der Waals surface area contributed by atoms with Crippen LogP contribution < -0.4 is 5.32 Å². The van der Waals surface area contributed by atoms with Crippen molar-refractivity contribution in [3.05, 3.63) is 64.7 Å². The molecule has 180 valence electrons. The highest BCUT2D eigenvalue weighted by atomic mass is 16.2. The van der Waals surface area contributed by atoms with Gasteiger partial charge in [0.15, 0.2) is 0 Å². The topological polar surface area (TPSA) is 76.4 Å². The van der Waals surface area contributed by atoms with Crippen molar-refractivity contribution >= 4 is 17.5 Å². The number of anilines is 1. The number of nitrogens with zero attached hydrogens (tertiary/aromatic N) is 3. The molecular weight excluding hydrogens is 436 g/mol. The Hall–Kier alpha value is -3.17. The largest absolute Gasteiger partial charge is 0.334 e. The highest BCUT2D eigenvalue weighted by molar-refractivity contribution is 6.05. The van der Waals surface area contributed by atoms with Crippen molar-refractivity contribution in [1.82, 2.24) is 9.80 Å². The first-order valence-electron chi connectivity index (χ1n) is 13.1. The lowest BCUT2D eigenvalue weighted by molar-refractivity contribution is -0.141. The van der Waals surface area contributed by atoms with Crippen molar-refractivity contribution in [3.63, 3.8) is 0 Å². The molecule has 2 saturated heterocycles. The summed E-state index contributed by atoms with van der Waals surface area (Å²) in [5.41, 5.74) is 4.38. The fraction of sp³-hybridized carbons (Fsp3) is 0.483. The first-order chi connectivity index (χ1) is 17.1. The van der Waals surface area contributed by atoms with Gasteiger partial charge in [-0.2, -0.15) is 5.26 Å². The summed E-state index contributed by atoms with van der Waals surface area (Å²) in [6.45, 7) is 1.91. The van der Waals surface area contributed by atoms with Crippen molar-refractivity contribution in [2.24, 2.45) is 5.92 Å². The van der Waals surface area contributed by atoms with Crippen LogP contribution in [-0.2, 0) is 11.2 Å². The second-order valence-electron chi connectivity index (χ2n) is 10.6. The van der Waals surface area contributed by atoms with Crippen LogP contribution >= 0.6 is 0 Å². The molecule has 0 spiro atoms. The maximum atomic E-state index is 13.2. The number of likely N-dealkylation sites (tertiary alicyclic amines) is 1.